The number of hydrogen-bond acceptors (Lipinski definition) is 2. The van der Waals surface area contributed by atoms with Crippen LogP contribution in [-0.4, -0.2) is 5.71 Å². The van der Waals surface area contributed by atoms with Gasteiger partial charge in [0.15, 0.2) is 0 Å². The van der Waals surface area contributed by atoms with Crippen molar-refractivity contribution in [3.8, 4) is 0 Å². The highest BCUT2D eigenvalue weighted by Gasteiger charge is 2.08. The summed E-state index contributed by atoms with van der Waals surface area (Å²) < 4.78 is 0. The minimum atomic E-state index is 0.377. The summed E-state index contributed by atoms with van der Waals surface area (Å²) in [4.78, 5) is 4.09. The summed E-state index contributed by atoms with van der Waals surface area (Å²) in [5.41, 5.74) is 2.45. The highest BCUT2D eigenvalue weighted by Crippen LogP contribution is 2.15. The fourth-order valence-corrected chi connectivity index (χ4v) is 0.954. The average Bonchev–Trinajstić information content (AvgIpc) is 2.09. The van der Waals surface area contributed by atoms with Gasteiger partial charge in [0.2, 0.25) is 0 Å². The molecule has 0 aliphatic carbocycles. The van der Waals surface area contributed by atoms with Gasteiger partial charge >= 0.3 is 0 Å². The fraction of sp³-hybridized carbons (Fsp3) is 0.125. The SMILES string of the molecule is C=C(Cl)NC1=CC(C)=NC1=C. The Bertz CT molecular complexity index is 274. The molecule has 11 heavy (non-hydrogen) atoms. The third-order valence-electron chi connectivity index (χ3n) is 1.25. The van der Waals surface area contributed by atoms with E-state index in [0.29, 0.717) is 10.9 Å². The van der Waals surface area contributed by atoms with Crippen molar-refractivity contribution in [2.45, 2.75) is 6.92 Å². The molecule has 0 saturated carbocycles. The molecule has 0 aromatic rings. The summed E-state index contributed by atoms with van der Waals surface area (Å²) >= 11 is 5.53. The normalized spacial score (nSPS) is 16.0. The van der Waals surface area contributed by atoms with Crippen LogP contribution in [0.3, 0.4) is 0 Å². The Kier molecular flexibility index (Phi) is 2.15. The second-order valence-electron chi connectivity index (χ2n) is 2.29. The van der Waals surface area contributed by atoms with Gasteiger partial charge in [-0.3, -0.25) is 4.99 Å². The Morgan fingerprint density at radius 1 is 1.73 bits per heavy atom. The summed E-state index contributed by atoms with van der Waals surface area (Å²) in [6.07, 6.45) is 1.87. The molecule has 1 aliphatic rings. The second kappa shape index (κ2) is 2.93. The largest absolute Gasteiger partial charge is 0.345 e. The van der Waals surface area contributed by atoms with E-state index in [9.17, 15) is 0 Å². The minimum absolute atomic E-state index is 0.377. The number of nitrogens with one attached hydrogen (secondary N) is 1. The van der Waals surface area contributed by atoms with Crippen molar-refractivity contribution in [3.63, 3.8) is 0 Å². The molecule has 2 nitrogen and oxygen atoms in total. The molecule has 58 valence electrons. The molecule has 0 unspecified atom stereocenters. The van der Waals surface area contributed by atoms with Crippen molar-refractivity contribution in [2.75, 3.05) is 0 Å². The zero-order valence-corrected chi connectivity index (χ0v) is 7.07. The van der Waals surface area contributed by atoms with E-state index in [0.717, 1.165) is 11.4 Å². The van der Waals surface area contributed by atoms with Gasteiger partial charge in [-0.2, -0.15) is 0 Å². The lowest BCUT2D eigenvalue weighted by Gasteiger charge is -2.02. The van der Waals surface area contributed by atoms with Gasteiger partial charge in [-0.05, 0) is 13.0 Å². The molecule has 0 aromatic carbocycles. The Hall–Kier alpha value is -1.02. The van der Waals surface area contributed by atoms with Crippen molar-refractivity contribution in [3.05, 3.63) is 35.8 Å². The number of rotatable bonds is 2. The molecule has 0 atom stereocenters. The second-order valence-corrected chi connectivity index (χ2v) is 2.74. The molecule has 1 aliphatic heterocycles. The van der Waals surface area contributed by atoms with E-state index in [1.54, 1.807) is 0 Å². The summed E-state index contributed by atoms with van der Waals surface area (Å²) in [5, 5.41) is 3.22. The maximum Gasteiger partial charge on any atom is 0.0989 e. The van der Waals surface area contributed by atoms with E-state index in [1.807, 2.05) is 13.0 Å². The first kappa shape index (κ1) is 8.08. The van der Waals surface area contributed by atoms with Crippen LogP contribution in [0.15, 0.2) is 40.8 Å². The lowest BCUT2D eigenvalue weighted by Crippen LogP contribution is -2.07. The highest BCUT2D eigenvalue weighted by molar-refractivity contribution is 6.29. The van der Waals surface area contributed by atoms with Gasteiger partial charge in [0.1, 0.15) is 0 Å². The van der Waals surface area contributed by atoms with Crippen LogP contribution in [0.4, 0.5) is 0 Å². The number of aliphatic imine (C=N–C) groups is 1. The predicted octanol–water partition coefficient (Wildman–Crippen LogP) is 2.16. The number of halogens is 1. The van der Waals surface area contributed by atoms with Crippen LogP contribution in [0.5, 0.6) is 0 Å². The first-order valence-corrected chi connectivity index (χ1v) is 3.55. The first-order chi connectivity index (χ1) is 5.09. The van der Waals surface area contributed by atoms with E-state index in [4.69, 9.17) is 11.6 Å². The Balaban J connectivity index is 2.71. The van der Waals surface area contributed by atoms with Crippen molar-refractivity contribution >= 4 is 17.3 Å². The Morgan fingerprint density at radius 2 is 2.36 bits per heavy atom. The summed E-state index contributed by atoms with van der Waals surface area (Å²) in [6.45, 7) is 9.12. The van der Waals surface area contributed by atoms with Crippen LogP contribution in [0, 0.1) is 0 Å². The minimum Gasteiger partial charge on any atom is -0.345 e. The van der Waals surface area contributed by atoms with E-state index < -0.39 is 0 Å². The zero-order valence-electron chi connectivity index (χ0n) is 6.32. The first-order valence-electron chi connectivity index (χ1n) is 3.17. The lowest BCUT2D eigenvalue weighted by molar-refractivity contribution is 1.06. The molecule has 0 aromatic heterocycles. The number of allylic oxidation sites excluding steroid dienone is 1. The average molecular weight is 169 g/mol. The molecule has 3 heteroatoms. The smallest absolute Gasteiger partial charge is 0.0989 e. The van der Waals surface area contributed by atoms with Crippen molar-refractivity contribution in [1.29, 1.82) is 0 Å². The molecular weight excluding hydrogens is 160 g/mol. The highest BCUT2D eigenvalue weighted by atomic mass is 35.5. The van der Waals surface area contributed by atoms with Crippen LogP contribution in [-0.2, 0) is 0 Å². The Labute approximate surface area is 71.0 Å². The molecular formula is C8H9ClN2. The molecule has 0 bridgehead atoms. The quantitative estimate of drug-likeness (QED) is 0.628. The molecule has 0 amide bonds. The van der Waals surface area contributed by atoms with Crippen LogP contribution in [0.25, 0.3) is 0 Å². The summed E-state index contributed by atoms with van der Waals surface area (Å²) in [6, 6.07) is 0. The Morgan fingerprint density at radius 3 is 2.73 bits per heavy atom. The van der Waals surface area contributed by atoms with E-state index >= 15 is 0 Å². The third-order valence-corrected chi connectivity index (χ3v) is 1.34. The van der Waals surface area contributed by atoms with Crippen LogP contribution >= 0.6 is 11.6 Å². The molecule has 1 rings (SSSR count). The van der Waals surface area contributed by atoms with Gasteiger partial charge in [-0.1, -0.05) is 24.8 Å². The maximum absolute atomic E-state index is 5.53. The van der Waals surface area contributed by atoms with E-state index in [-0.39, 0.29) is 0 Å². The summed E-state index contributed by atoms with van der Waals surface area (Å²) in [7, 11) is 0. The zero-order chi connectivity index (χ0) is 8.43. The molecule has 0 saturated heterocycles. The van der Waals surface area contributed by atoms with Gasteiger partial charge in [-0.15, -0.1) is 0 Å². The predicted molar refractivity (Wildman–Crippen MR) is 48.5 cm³/mol. The standard InChI is InChI=1S/C8H9ClN2/c1-5-4-8(6(2)10-5)11-7(3)9/h4,11H,2-3H2,1H3. The number of nitrogens with zero attached hydrogens (tertiary/aromatic N) is 1. The van der Waals surface area contributed by atoms with Gasteiger partial charge in [0.25, 0.3) is 0 Å². The third kappa shape index (κ3) is 1.95. The maximum atomic E-state index is 5.53. The van der Waals surface area contributed by atoms with Gasteiger partial charge in [0, 0.05) is 5.71 Å². The van der Waals surface area contributed by atoms with Crippen LogP contribution in [0.2, 0.25) is 0 Å². The molecule has 1 N–H and O–H groups in total. The number of hydrogen-bond donors (Lipinski definition) is 1. The molecule has 1 heterocycles. The molecule has 0 spiro atoms. The van der Waals surface area contributed by atoms with Crippen molar-refractivity contribution in [2.24, 2.45) is 4.99 Å². The topological polar surface area (TPSA) is 24.4 Å². The van der Waals surface area contributed by atoms with Crippen LogP contribution in [0.1, 0.15) is 6.92 Å². The van der Waals surface area contributed by atoms with E-state index in [1.165, 1.54) is 0 Å². The van der Waals surface area contributed by atoms with Crippen molar-refractivity contribution in [1.82, 2.24) is 5.32 Å². The fourth-order valence-electron chi connectivity index (χ4n) is 0.852. The van der Waals surface area contributed by atoms with Gasteiger partial charge in [0.05, 0.1) is 16.6 Å². The molecule has 0 radical (unpaired) electrons. The van der Waals surface area contributed by atoms with Crippen molar-refractivity contribution < 1.29 is 0 Å². The van der Waals surface area contributed by atoms with E-state index in [2.05, 4.69) is 23.5 Å². The van der Waals surface area contributed by atoms with Gasteiger partial charge in [-0.25, -0.2) is 0 Å². The summed E-state index contributed by atoms with van der Waals surface area (Å²) in [5.74, 6) is 0. The van der Waals surface area contributed by atoms with Crippen LogP contribution < -0.4 is 5.32 Å². The monoisotopic (exact) mass is 168 g/mol. The lowest BCUT2D eigenvalue weighted by atomic mass is 10.3. The van der Waals surface area contributed by atoms with Gasteiger partial charge < -0.3 is 5.32 Å². The molecule has 0 fully saturated rings.